The summed E-state index contributed by atoms with van der Waals surface area (Å²) in [7, 11) is 0. The van der Waals surface area contributed by atoms with Crippen molar-refractivity contribution in [3.05, 3.63) is 123 Å². The predicted octanol–water partition coefficient (Wildman–Crippen LogP) is 5.87. The van der Waals surface area contributed by atoms with Crippen LogP contribution < -0.4 is 9.88 Å². The van der Waals surface area contributed by atoms with E-state index in [1.54, 1.807) is 12.1 Å². The molecule has 0 aliphatic carbocycles. The van der Waals surface area contributed by atoms with E-state index in [9.17, 15) is 10.4 Å². The van der Waals surface area contributed by atoms with Crippen LogP contribution in [0.2, 0.25) is 10.0 Å². The largest absolute Gasteiger partial charge is 0.362 e. The van der Waals surface area contributed by atoms with E-state index in [4.69, 9.17) is 23.2 Å². The molecular formula is C27H20Cl2N3OS+. The lowest BCUT2D eigenvalue weighted by atomic mass is 9.75. The summed E-state index contributed by atoms with van der Waals surface area (Å²) in [5, 5.41) is 27.8. The van der Waals surface area contributed by atoms with E-state index < -0.39 is 17.7 Å². The summed E-state index contributed by atoms with van der Waals surface area (Å²) < 4.78 is 2.01. The maximum absolute atomic E-state index is 12.4. The van der Waals surface area contributed by atoms with Gasteiger partial charge in [-0.05, 0) is 29.8 Å². The molecule has 1 aliphatic heterocycles. The molecule has 0 saturated heterocycles. The van der Waals surface area contributed by atoms with Gasteiger partial charge in [-0.1, -0.05) is 71.7 Å². The van der Waals surface area contributed by atoms with E-state index in [1.807, 2.05) is 83.6 Å². The topological polar surface area (TPSA) is 59.9 Å². The molecule has 7 heteroatoms. The standard InChI is InChI=1S/C27H19Cl2N3OS/c28-21-13-12-18(15-22(21)29)24-20(16-30)26(34)31-27(33,19-9-2-1-3-10-19)25(24)32-14-6-8-17-7-4-5-11-23(17)32/h1-15,24-25,31,33H/p+1. The molecule has 4 nitrogen and oxygen atoms in total. The summed E-state index contributed by atoms with van der Waals surface area (Å²) in [5.41, 5.74) is 1.11. The Kier molecular flexibility index (Phi) is 6.01. The van der Waals surface area contributed by atoms with Gasteiger partial charge < -0.3 is 10.4 Å². The molecule has 168 valence electrons. The second-order valence-corrected chi connectivity index (χ2v) is 9.46. The Morgan fingerprint density at radius 1 is 0.941 bits per heavy atom. The highest BCUT2D eigenvalue weighted by Gasteiger charge is 2.56. The highest BCUT2D eigenvalue weighted by atomic mass is 35.5. The minimum absolute atomic E-state index is 0.307. The Hall–Kier alpha value is -3.01. The number of nitriles is 1. The maximum Gasteiger partial charge on any atom is 0.227 e. The number of pyridine rings is 1. The Bertz CT molecular complexity index is 1460. The quantitative estimate of drug-likeness (QED) is 0.241. The Morgan fingerprint density at radius 2 is 1.65 bits per heavy atom. The van der Waals surface area contributed by atoms with Crippen molar-refractivity contribution < 1.29 is 9.67 Å². The minimum atomic E-state index is -1.59. The number of nitrogens with one attached hydrogen (secondary N) is 1. The molecule has 1 aliphatic rings. The summed E-state index contributed by atoms with van der Waals surface area (Å²) in [6, 6.07) is 28.2. The van der Waals surface area contributed by atoms with E-state index in [0.717, 1.165) is 16.5 Å². The molecule has 3 unspecified atom stereocenters. The van der Waals surface area contributed by atoms with Crippen LogP contribution in [0.1, 0.15) is 23.1 Å². The van der Waals surface area contributed by atoms with Crippen LogP contribution in [0.4, 0.5) is 0 Å². The Balaban J connectivity index is 1.87. The number of hydrogen-bond donors (Lipinski definition) is 3. The first-order valence-corrected chi connectivity index (χ1v) is 11.9. The number of allylic oxidation sites excluding steroid dienone is 1. The van der Waals surface area contributed by atoms with Crippen molar-refractivity contribution >= 4 is 46.7 Å². The average molecular weight is 505 g/mol. The van der Waals surface area contributed by atoms with Crippen molar-refractivity contribution in [3.8, 4) is 6.07 Å². The third-order valence-electron chi connectivity index (χ3n) is 6.29. The molecule has 3 aromatic carbocycles. The molecule has 34 heavy (non-hydrogen) atoms. The van der Waals surface area contributed by atoms with E-state index in [0.29, 0.717) is 26.2 Å². The highest BCUT2D eigenvalue weighted by Crippen LogP contribution is 2.48. The SMILES string of the molecule is N#CC1=C(S)NC(O)(c2ccccc2)C([n+]2cccc3ccccc32)C1c1ccc(Cl)c(Cl)c1. The van der Waals surface area contributed by atoms with Gasteiger partial charge in [-0.15, -0.1) is 12.6 Å². The van der Waals surface area contributed by atoms with Crippen LogP contribution in [0.3, 0.4) is 0 Å². The van der Waals surface area contributed by atoms with Crippen LogP contribution >= 0.6 is 35.8 Å². The number of halogens is 2. The number of fused-ring (bicyclic) bond motifs is 1. The molecule has 1 aromatic heterocycles. The van der Waals surface area contributed by atoms with Crippen LogP contribution in [-0.4, -0.2) is 5.11 Å². The zero-order valence-corrected chi connectivity index (χ0v) is 20.3. The molecule has 0 spiro atoms. The van der Waals surface area contributed by atoms with Gasteiger partial charge in [0.05, 0.1) is 32.6 Å². The van der Waals surface area contributed by atoms with Crippen molar-refractivity contribution in [1.82, 2.24) is 5.32 Å². The van der Waals surface area contributed by atoms with Gasteiger partial charge in [-0.2, -0.15) is 9.83 Å². The van der Waals surface area contributed by atoms with Gasteiger partial charge in [0, 0.05) is 23.1 Å². The number of aromatic nitrogens is 1. The molecule has 0 radical (unpaired) electrons. The van der Waals surface area contributed by atoms with Gasteiger partial charge in [0.2, 0.25) is 17.3 Å². The second-order valence-electron chi connectivity index (χ2n) is 8.20. The molecule has 5 rings (SSSR count). The van der Waals surface area contributed by atoms with Crippen molar-refractivity contribution in [2.75, 3.05) is 0 Å². The highest BCUT2D eigenvalue weighted by molar-refractivity contribution is 7.84. The molecule has 0 amide bonds. The van der Waals surface area contributed by atoms with Crippen LogP contribution in [0.25, 0.3) is 10.9 Å². The summed E-state index contributed by atoms with van der Waals surface area (Å²) in [6.07, 6.45) is 1.92. The number of rotatable bonds is 3. The minimum Gasteiger partial charge on any atom is -0.362 e. The third-order valence-corrected chi connectivity index (χ3v) is 7.38. The smallest absolute Gasteiger partial charge is 0.227 e. The average Bonchev–Trinajstić information content (AvgIpc) is 2.86. The van der Waals surface area contributed by atoms with E-state index >= 15 is 0 Å². The first kappa shape index (κ1) is 22.8. The van der Waals surface area contributed by atoms with Gasteiger partial charge >= 0.3 is 0 Å². The molecule has 0 fully saturated rings. The Morgan fingerprint density at radius 3 is 2.38 bits per heavy atom. The van der Waals surface area contributed by atoms with E-state index in [1.165, 1.54) is 0 Å². The number of benzene rings is 3. The first-order valence-electron chi connectivity index (χ1n) is 10.7. The maximum atomic E-state index is 12.4. The zero-order valence-electron chi connectivity index (χ0n) is 17.9. The normalized spacial score (nSPS) is 22.3. The lowest BCUT2D eigenvalue weighted by Crippen LogP contribution is -2.62. The summed E-state index contributed by atoms with van der Waals surface area (Å²) >= 11 is 17.2. The fourth-order valence-corrected chi connectivity index (χ4v) is 5.43. The summed E-state index contributed by atoms with van der Waals surface area (Å²) in [6.45, 7) is 0. The molecular weight excluding hydrogens is 485 g/mol. The molecule has 4 aromatic rings. The van der Waals surface area contributed by atoms with Gasteiger partial charge in [0.15, 0.2) is 6.20 Å². The van der Waals surface area contributed by atoms with Gasteiger partial charge in [0.25, 0.3) is 0 Å². The lowest BCUT2D eigenvalue weighted by molar-refractivity contribution is -0.720. The number of para-hydroxylation sites is 1. The van der Waals surface area contributed by atoms with Crippen LogP contribution in [0, 0.1) is 11.3 Å². The van der Waals surface area contributed by atoms with Crippen LogP contribution in [0.5, 0.6) is 0 Å². The van der Waals surface area contributed by atoms with Crippen LogP contribution in [0.15, 0.2) is 102 Å². The second kappa shape index (κ2) is 8.98. The molecule has 2 heterocycles. The zero-order chi connectivity index (χ0) is 23.9. The number of aliphatic hydroxyl groups is 1. The molecule has 3 atom stereocenters. The molecule has 0 saturated carbocycles. The number of thiol groups is 1. The van der Waals surface area contributed by atoms with Crippen molar-refractivity contribution in [2.45, 2.75) is 17.7 Å². The van der Waals surface area contributed by atoms with Crippen molar-refractivity contribution in [2.24, 2.45) is 0 Å². The Labute approximate surface area is 213 Å². The number of nitrogens with zero attached hydrogens (tertiary/aromatic N) is 2. The van der Waals surface area contributed by atoms with Crippen molar-refractivity contribution in [3.63, 3.8) is 0 Å². The number of hydrogen-bond acceptors (Lipinski definition) is 4. The van der Waals surface area contributed by atoms with Gasteiger partial charge in [0.1, 0.15) is 0 Å². The predicted molar refractivity (Wildman–Crippen MR) is 137 cm³/mol. The molecule has 0 bridgehead atoms. The fraction of sp³-hybridized carbons (Fsp3) is 0.111. The van der Waals surface area contributed by atoms with Crippen molar-refractivity contribution in [1.29, 1.82) is 5.26 Å². The summed E-state index contributed by atoms with van der Waals surface area (Å²) in [4.78, 5) is 0. The van der Waals surface area contributed by atoms with E-state index in [-0.39, 0.29) is 0 Å². The monoisotopic (exact) mass is 504 g/mol. The third kappa shape index (κ3) is 3.73. The fourth-order valence-electron chi connectivity index (χ4n) is 4.77. The van der Waals surface area contributed by atoms with E-state index in [2.05, 4.69) is 24.0 Å². The van der Waals surface area contributed by atoms with Crippen LogP contribution in [-0.2, 0) is 5.72 Å². The summed E-state index contributed by atoms with van der Waals surface area (Å²) in [5.74, 6) is -0.575. The molecule has 2 N–H and O–H groups in total. The van der Waals surface area contributed by atoms with Gasteiger partial charge in [-0.3, -0.25) is 0 Å². The van der Waals surface area contributed by atoms with Gasteiger partial charge in [-0.25, -0.2) is 0 Å². The first-order chi connectivity index (χ1) is 16.4. The lowest BCUT2D eigenvalue weighted by Gasteiger charge is -2.42.